The Labute approximate surface area is 93.7 Å². The fourth-order valence-electron chi connectivity index (χ4n) is 1.92. The Balaban J connectivity index is 2.42. The van der Waals surface area contributed by atoms with Crippen LogP contribution in [0.25, 0.3) is 0 Å². The van der Waals surface area contributed by atoms with Crippen LogP contribution in [-0.4, -0.2) is 30.5 Å². The van der Waals surface area contributed by atoms with Crippen LogP contribution >= 0.6 is 0 Å². The van der Waals surface area contributed by atoms with Crippen LogP contribution in [0.5, 0.6) is 0 Å². The van der Waals surface area contributed by atoms with Gasteiger partial charge in [0.05, 0.1) is 0 Å². The number of hydrogen-bond acceptors (Lipinski definition) is 1. The molecule has 3 heteroatoms. The first kappa shape index (κ1) is 12.3. The summed E-state index contributed by atoms with van der Waals surface area (Å²) in [7, 11) is 0. The Bertz CT molecular complexity index is 221. The number of rotatable bonds is 3. The third-order valence-electron chi connectivity index (χ3n) is 3.11. The molecule has 1 rings (SSSR count). The zero-order chi connectivity index (χ0) is 11.4. The van der Waals surface area contributed by atoms with Crippen LogP contribution in [-0.2, 0) is 0 Å². The van der Waals surface area contributed by atoms with Gasteiger partial charge in [-0.1, -0.05) is 27.7 Å². The molecular formula is C12H25N3. The van der Waals surface area contributed by atoms with E-state index in [0.717, 1.165) is 37.4 Å². The Morgan fingerprint density at radius 3 is 2.53 bits per heavy atom. The van der Waals surface area contributed by atoms with Gasteiger partial charge in [0.25, 0.3) is 0 Å². The van der Waals surface area contributed by atoms with Gasteiger partial charge >= 0.3 is 0 Å². The largest absolute Gasteiger partial charge is 0.370 e. The van der Waals surface area contributed by atoms with E-state index >= 15 is 0 Å². The summed E-state index contributed by atoms with van der Waals surface area (Å²) in [5, 5.41) is 0. The highest BCUT2D eigenvalue weighted by Crippen LogP contribution is 2.23. The number of hydrogen-bond donors (Lipinski definition) is 1. The molecule has 1 fully saturated rings. The third kappa shape index (κ3) is 3.73. The molecule has 0 aliphatic carbocycles. The molecular weight excluding hydrogens is 186 g/mol. The van der Waals surface area contributed by atoms with Crippen LogP contribution in [0.3, 0.4) is 0 Å². The lowest BCUT2D eigenvalue weighted by Crippen LogP contribution is -2.36. The minimum absolute atomic E-state index is 0.590. The van der Waals surface area contributed by atoms with E-state index in [1.807, 2.05) is 0 Å². The van der Waals surface area contributed by atoms with E-state index in [0.29, 0.717) is 5.92 Å². The lowest BCUT2D eigenvalue weighted by molar-refractivity contribution is 0.387. The number of aliphatic imine (C=N–C) groups is 1. The molecule has 0 aromatic carbocycles. The standard InChI is InChI=1S/C12H25N3/c1-9(2)7-14-12(13)15-6-5-11(8-15)10(3)4/h9-11H,5-8H2,1-4H3,(H2,13,14). The summed E-state index contributed by atoms with van der Waals surface area (Å²) in [5.74, 6) is 2.88. The van der Waals surface area contributed by atoms with Gasteiger partial charge in [-0.25, -0.2) is 0 Å². The molecule has 0 bridgehead atoms. The van der Waals surface area contributed by atoms with E-state index in [1.165, 1.54) is 6.42 Å². The van der Waals surface area contributed by atoms with Gasteiger partial charge in [0.1, 0.15) is 0 Å². The van der Waals surface area contributed by atoms with Gasteiger partial charge in [0.2, 0.25) is 0 Å². The molecule has 1 saturated heterocycles. The predicted octanol–water partition coefficient (Wildman–Crippen LogP) is 1.93. The summed E-state index contributed by atoms with van der Waals surface area (Å²) in [4.78, 5) is 6.65. The highest BCUT2D eigenvalue weighted by Gasteiger charge is 2.25. The lowest BCUT2D eigenvalue weighted by Gasteiger charge is -2.19. The predicted molar refractivity (Wildman–Crippen MR) is 65.8 cm³/mol. The van der Waals surface area contributed by atoms with Gasteiger partial charge < -0.3 is 10.6 Å². The maximum absolute atomic E-state index is 5.97. The van der Waals surface area contributed by atoms with Crippen molar-refractivity contribution in [1.82, 2.24) is 4.90 Å². The molecule has 1 atom stereocenters. The number of likely N-dealkylation sites (tertiary alicyclic amines) is 1. The lowest BCUT2D eigenvalue weighted by atomic mass is 9.95. The molecule has 88 valence electrons. The number of nitrogens with two attached hydrogens (primary N) is 1. The van der Waals surface area contributed by atoms with Crippen molar-refractivity contribution in [2.45, 2.75) is 34.1 Å². The van der Waals surface area contributed by atoms with E-state index in [2.05, 4.69) is 37.6 Å². The van der Waals surface area contributed by atoms with Crippen molar-refractivity contribution >= 4 is 5.96 Å². The topological polar surface area (TPSA) is 41.6 Å². The maximum atomic E-state index is 5.97. The molecule has 1 unspecified atom stereocenters. The second-order valence-corrected chi connectivity index (χ2v) is 5.33. The molecule has 1 aliphatic rings. The smallest absolute Gasteiger partial charge is 0.191 e. The van der Waals surface area contributed by atoms with Crippen molar-refractivity contribution in [3.63, 3.8) is 0 Å². The summed E-state index contributed by atoms with van der Waals surface area (Å²) in [6, 6.07) is 0. The molecule has 15 heavy (non-hydrogen) atoms. The zero-order valence-corrected chi connectivity index (χ0v) is 10.5. The fourth-order valence-corrected chi connectivity index (χ4v) is 1.92. The fraction of sp³-hybridized carbons (Fsp3) is 0.917. The van der Waals surface area contributed by atoms with Crippen molar-refractivity contribution in [3.8, 4) is 0 Å². The zero-order valence-electron chi connectivity index (χ0n) is 10.5. The van der Waals surface area contributed by atoms with Crippen LogP contribution < -0.4 is 5.73 Å². The van der Waals surface area contributed by atoms with Crippen molar-refractivity contribution in [3.05, 3.63) is 0 Å². The average Bonchev–Trinajstić information content (AvgIpc) is 2.62. The van der Waals surface area contributed by atoms with Crippen LogP contribution in [0.2, 0.25) is 0 Å². The van der Waals surface area contributed by atoms with Crippen LogP contribution in [0, 0.1) is 17.8 Å². The number of nitrogens with zero attached hydrogens (tertiary/aromatic N) is 2. The second-order valence-electron chi connectivity index (χ2n) is 5.33. The average molecular weight is 211 g/mol. The van der Waals surface area contributed by atoms with E-state index in [-0.39, 0.29) is 0 Å². The summed E-state index contributed by atoms with van der Waals surface area (Å²) < 4.78 is 0. The molecule has 0 spiro atoms. The molecule has 0 amide bonds. The van der Waals surface area contributed by atoms with Gasteiger partial charge in [0.15, 0.2) is 5.96 Å². The normalized spacial score (nSPS) is 23.2. The van der Waals surface area contributed by atoms with Gasteiger partial charge in [-0.2, -0.15) is 0 Å². The van der Waals surface area contributed by atoms with Gasteiger partial charge in [-0.15, -0.1) is 0 Å². The van der Waals surface area contributed by atoms with Gasteiger partial charge in [0, 0.05) is 19.6 Å². The third-order valence-corrected chi connectivity index (χ3v) is 3.11. The molecule has 0 radical (unpaired) electrons. The molecule has 2 N–H and O–H groups in total. The van der Waals surface area contributed by atoms with Crippen molar-refractivity contribution in [1.29, 1.82) is 0 Å². The first-order valence-electron chi connectivity index (χ1n) is 6.05. The van der Waals surface area contributed by atoms with Gasteiger partial charge in [-0.05, 0) is 24.2 Å². The Morgan fingerprint density at radius 1 is 1.40 bits per heavy atom. The molecule has 3 nitrogen and oxygen atoms in total. The molecule has 0 aromatic heterocycles. The number of guanidine groups is 1. The van der Waals surface area contributed by atoms with Gasteiger partial charge in [-0.3, -0.25) is 4.99 Å². The molecule has 0 saturated carbocycles. The monoisotopic (exact) mass is 211 g/mol. The first-order valence-corrected chi connectivity index (χ1v) is 6.05. The van der Waals surface area contributed by atoms with Crippen molar-refractivity contribution in [2.75, 3.05) is 19.6 Å². The molecule has 1 heterocycles. The Hall–Kier alpha value is -0.730. The van der Waals surface area contributed by atoms with E-state index in [1.54, 1.807) is 0 Å². The Morgan fingerprint density at radius 2 is 2.07 bits per heavy atom. The maximum Gasteiger partial charge on any atom is 0.191 e. The quantitative estimate of drug-likeness (QED) is 0.572. The highest BCUT2D eigenvalue weighted by molar-refractivity contribution is 5.78. The van der Waals surface area contributed by atoms with Crippen molar-refractivity contribution < 1.29 is 0 Å². The van der Waals surface area contributed by atoms with Crippen LogP contribution in [0.4, 0.5) is 0 Å². The van der Waals surface area contributed by atoms with Crippen LogP contribution in [0.1, 0.15) is 34.1 Å². The molecule has 0 aromatic rings. The second kappa shape index (κ2) is 5.38. The summed E-state index contributed by atoms with van der Waals surface area (Å²) >= 11 is 0. The summed E-state index contributed by atoms with van der Waals surface area (Å²) in [5.41, 5.74) is 5.97. The Kier molecular flexibility index (Phi) is 4.43. The van der Waals surface area contributed by atoms with E-state index < -0.39 is 0 Å². The molecule has 1 aliphatic heterocycles. The van der Waals surface area contributed by atoms with Crippen LogP contribution in [0.15, 0.2) is 4.99 Å². The minimum Gasteiger partial charge on any atom is -0.370 e. The SMILES string of the molecule is CC(C)CN=C(N)N1CCC(C(C)C)C1. The van der Waals surface area contributed by atoms with E-state index in [4.69, 9.17) is 5.73 Å². The summed E-state index contributed by atoms with van der Waals surface area (Å²) in [6.07, 6.45) is 1.26. The highest BCUT2D eigenvalue weighted by atomic mass is 15.3. The van der Waals surface area contributed by atoms with E-state index in [9.17, 15) is 0 Å². The summed E-state index contributed by atoms with van der Waals surface area (Å²) in [6.45, 7) is 11.9. The minimum atomic E-state index is 0.590. The van der Waals surface area contributed by atoms with Crippen molar-refractivity contribution in [2.24, 2.45) is 28.5 Å². The first-order chi connectivity index (χ1) is 7.00.